The fourth-order valence-electron chi connectivity index (χ4n) is 1.73. The minimum absolute atomic E-state index is 0.00597. The number of benzene rings is 1. The molecular formula is C14H22N2OS. The molecule has 0 bridgehead atoms. The Labute approximate surface area is 114 Å². The molecular weight excluding hydrogens is 244 g/mol. The maximum Gasteiger partial charge on any atom is 0.161 e. The summed E-state index contributed by atoms with van der Waals surface area (Å²) in [6.45, 7) is 5.86. The van der Waals surface area contributed by atoms with Crippen LogP contribution < -0.4 is 11.1 Å². The number of rotatable bonds is 7. The van der Waals surface area contributed by atoms with Crippen LogP contribution in [0.15, 0.2) is 18.2 Å². The summed E-state index contributed by atoms with van der Waals surface area (Å²) >= 11 is 1.95. The Kier molecular flexibility index (Phi) is 6.05. The van der Waals surface area contributed by atoms with Crippen molar-refractivity contribution in [1.29, 1.82) is 0 Å². The van der Waals surface area contributed by atoms with E-state index in [-0.39, 0.29) is 5.78 Å². The molecule has 4 heteroatoms. The third kappa shape index (κ3) is 4.61. The van der Waals surface area contributed by atoms with Crippen LogP contribution in [0.1, 0.15) is 37.6 Å². The van der Waals surface area contributed by atoms with Gasteiger partial charge in [0, 0.05) is 23.0 Å². The summed E-state index contributed by atoms with van der Waals surface area (Å²) in [6, 6.07) is 5.94. The summed E-state index contributed by atoms with van der Waals surface area (Å²) in [7, 11) is 0. The van der Waals surface area contributed by atoms with E-state index < -0.39 is 0 Å². The lowest BCUT2D eigenvalue weighted by atomic mass is 10.1. The first-order valence-corrected chi connectivity index (χ1v) is 7.44. The molecule has 0 saturated heterocycles. The molecule has 0 spiro atoms. The maximum atomic E-state index is 11.3. The Morgan fingerprint density at radius 1 is 1.50 bits per heavy atom. The molecule has 0 fully saturated rings. The van der Waals surface area contributed by atoms with E-state index in [1.54, 1.807) is 6.07 Å². The molecule has 1 aromatic rings. The van der Waals surface area contributed by atoms with E-state index >= 15 is 0 Å². The quantitative estimate of drug-likeness (QED) is 0.451. The van der Waals surface area contributed by atoms with Crippen LogP contribution >= 0.6 is 11.8 Å². The standard InChI is InChI=1S/C14H22N2OS/c1-4-18-8-7-10(2)16-12-5-6-13(11(3)17)14(15)9-12/h5-6,9-10,16H,4,7-8,15H2,1-3H3. The van der Waals surface area contributed by atoms with Crippen LogP contribution in [0.3, 0.4) is 0 Å². The molecule has 0 saturated carbocycles. The van der Waals surface area contributed by atoms with Crippen LogP contribution in [0.5, 0.6) is 0 Å². The monoisotopic (exact) mass is 266 g/mol. The van der Waals surface area contributed by atoms with E-state index in [0.717, 1.165) is 23.6 Å². The predicted octanol–water partition coefficient (Wildman–Crippen LogP) is 3.42. The Morgan fingerprint density at radius 3 is 2.78 bits per heavy atom. The molecule has 0 aliphatic carbocycles. The Balaban J connectivity index is 2.57. The van der Waals surface area contributed by atoms with Crippen molar-refractivity contribution >= 4 is 28.9 Å². The van der Waals surface area contributed by atoms with Crippen LogP contribution in [-0.2, 0) is 0 Å². The van der Waals surface area contributed by atoms with E-state index in [1.165, 1.54) is 6.92 Å². The summed E-state index contributed by atoms with van der Waals surface area (Å²) in [5.41, 5.74) is 7.97. The number of hydrogen-bond acceptors (Lipinski definition) is 4. The van der Waals surface area contributed by atoms with E-state index in [1.807, 2.05) is 23.9 Å². The fourth-order valence-corrected chi connectivity index (χ4v) is 2.54. The van der Waals surface area contributed by atoms with Crippen molar-refractivity contribution in [3.8, 4) is 0 Å². The van der Waals surface area contributed by atoms with Crippen LogP contribution in [0, 0.1) is 0 Å². The van der Waals surface area contributed by atoms with E-state index in [0.29, 0.717) is 17.3 Å². The van der Waals surface area contributed by atoms with Crippen LogP contribution in [0.2, 0.25) is 0 Å². The smallest absolute Gasteiger partial charge is 0.161 e. The van der Waals surface area contributed by atoms with Gasteiger partial charge in [-0.1, -0.05) is 6.92 Å². The highest BCUT2D eigenvalue weighted by Gasteiger charge is 2.07. The number of nitrogen functional groups attached to an aromatic ring is 1. The molecule has 0 aliphatic rings. The van der Waals surface area contributed by atoms with Crippen molar-refractivity contribution in [1.82, 2.24) is 0 Å². The van der Waals surface area contributed by atoms with Gasteiger partial charge in [-0.3, -0.25) is 4.79 Å². The molecule has 0 radical (unpaired) electrons. The van der Waals surface area contributed by atoms with Crippen molar-refractivity contribution in [3.63, 3.8) is 0 Å². The number of nitrogens with one attached hydrogen (secondary N) is 1. The zero-order valence-electron chi connectivity index (χ0n) is 11.3. The second-order valence-corrected chi connectivity index (χ2v) is 5.78. The van der Waals surface area contributed by atoms with Gasteiger partial charge in [0.05, 0.1) is 0 Å². The van der Waals surface area contributed by atoms with Gasteiger partial charge in [0.25, 0.3) is 0 Å². The number of nitrogens with two attached hydrogens (primary N) is 1. The maximum absolute atomic E-state index is 11.3. The summed E-state index contributed by atoms with van der Waals surface area (Å²) < 4.78 is 0. The highest BCUT2D eigenvalue weighted by Crippen LogP contribution is 2.20. The third-order valence-corrected chi connectivity index (χ3v) is 3.68. The normalized spacial score (nSPS) is 12.2. The SMILES string of the molecule is CCSCCC(C)Nc1ccc(C(C)=O)c(N)c1. The van der Waals surface area contributed by atoms with Crippen molar-refractivity contribution < 1.29 is 4.79 Å². The van der Waals surface area contributed by atoms with Crippen molar-refractivity contribution in [2.24, 2.45) is 0 Å². The second-order valence-electron chi connectivity index (χ2n) is 4.39. The fraction of sp³-hybridized carbons (Fsp3) is 0.500. The lowest BCUT2D eigenvalue weighted by Gasteiger charge is -2.16. The van der Waals surface area contributed by atoms with Gasteiger partial charge in [0.15, 0.2) is 5.78 Å². The molecule has 1 aromatic carbocycles. The predicted molar refractivity (Wildman–Crippen MR) is 81.6 cm³/mol. The molecule has 1 rings (SSSR count). The van der Waals surface area contributed by atoms with Crippen molar-refractivity contribution in [2.45, 2.75) is 33.2 Å². The van der Waals surface area contributed by atoms with Gasteiger partial charge in [0.1, 0.15) is 0 Å². The minimum atomic E-state index is 0.00597. The highest BCUT2D eigenvalue weighted by molar-refractivity contribution is 7.99. The largest absolute Gasteiger partial charge is 0.398 e. The van der Waals surface area contributed by atoms with E-state index in [2.05, 4.69) is 19.2 Å². The molecule has 0 aromatic heterocycles. The highest BCUT2D eigenvalue weighted by atomic mass is 32.2. The molecule has 0 aliphatic heterocycles. The van der Waals surface area contributed by atoms with Crippen molar-refractivity contribution in [2.75, 3.05) is 22.6 Å². The first-order valence-electron chi connectivity index (χ1n) is 6.29. The third-order valence-electron chi connectivity index (χ3n) is 2.74. The van der Waals surface area contributed by atoms with Crippen molar-refractivity contribution in [3.05, 3.63) is 23.8 Å². The van der Waals surface area contributed by atoms with Crippen LogP contribution in [0.25, 0.3) is 0 Å². The average Bonchev–Trinajstić information content (AvgIpc) is 2.28. The Morgan fingerprint density at radius 2 is 2.22 bits per heavy atom. The Bertz CT molecular complexity index is 407. The number of thioether (sulfide) groups is 1. The van der Waals surface area contributed by atoms with Crippen LogP contribution in [0.4, 0.5) is 11.4 Å². The number of carbonyl (C=O) groups excluding carboxylic acids is 1. The molecule has 0 amide bonds. The van der Waals surface area contributed by atoms with Gasteiger partial charge in [-0.05, 0) is 50.0 Å². The first kappa shape index (κ1) is 14.9. The van der Waals surface area contributed by atoms with Gasteiger partial charge < -0.3 is 11.1 Å². The van der Waals surface area contributed by atoms with E-state index in [9.17, 15) is 4.79 Å². The zero-order chi connectivity index (χ0) is 13.5. The second kappa shape index (κ2) is 7.31. The number of Topliss-reactive ketones (excluding diaryl/α,β-unsaturated/α-hetero) is 1. The Hall–Kier alpha value is -1.16. The first-order chi connectivity index (χ1) is 8.54. The lowest BCUT2D eigenvalue weighted by Crippen LogP contribution is -2.16. The van der Waals surface area contributed by atoms with Gasteiger partial charge in [-0.2, -0.15) is 11.8 Å². The summed E-state index contributed by atoms with van der Waals surface area (Å²) in [6.07, 6.45) is 1.12. The van der Waals surface area contributed by atoms with Crippen LogP contribution in [-0.4, -0.2) is 23.3 Å². The number of ketones is 1. The molecule has 100 valence electrons. The topological polar surface area (TPSA) is 55.1 Å². The molecule has 3 N–H and O–H groups in total. The van der Waals surface area contributed by atoms with Gasteiger partial charge in [-0.15, -0.1) is 0 Å². The number of hydrogen-bond donors (Lipinski definition) is 2. The van der Waals surface area contributed by atoms with E-state index in [4.69, 9.17) is 5.73 Å². The molecule has 1 unspecified atom stereocenters. The summed E-state index contributed by atoms with van der Waals surface area (Å²) in [5, 5.41) is 3.40. The molecule has 3 nitrogen and oxygen atoms in total. The summed E-state index contributed by atoms with van der Waals surface area (Å²) in [5.74, 6) is 2.32. The summed E-state index contributed by atoms with van der Waals surface area (Å²) in [4.78, 5) is 11.3. The van der Waals surface area contributed by atoms with Gasteiger partial charge in [-0.25, -0.2) is 0 Å². The lowest BCUT2D eigenvalue weighted by molar-refractivity contribution is 0.101. The average molecular weight is 266 g/mol. The zero-order valence-corrected chi connectivity index (χ0v) is 12.1. The van der Waals surface area contributed by atoms with Gasteiger partial charge in [0.2, 0.25) is 0 Å². The number of carbonyl (C=O) groups is 1. The number of anilines is 2. The molecule has 18 heavy (non-hydrogen) atoms. The molecule has 1 atom stereocenters. The minimum Gasteiger partial charge on any atom is -0.398 e. The van der Waals surface area contributed by atoms with Gasteiger partial charge >= 0.3 is 0 Å². The molecule has 0 heterocycles.